The van der Waals surface area contributed by atoms with Gasteiger partial charge in [0, 0.05) is 28.2 Å². The molecule has 7 heteroatoms. The first-order valence-electron chi connectivity index (χ1n) is 8.01. The molecule has 3 aromatic heterocycles. The standard InChI is InChI=1S/C19H11N7/c20-10-14-17(15-11-21-16-9-5-4-8-13(15)16)22-19-23-24-25-26(19)18(14)12-6-2-1-3-7-12/h1-9,11,21H. The van der Waals surface area contributed by atoms with Crippen molar-refractivity contribution in [1.29, 1.82) is 5.26 Å². The Morgan fingerprint density at radius 2 is 1.81 bits per heavy atom. The largest absolute Gasteiger partial charge is 0.360 e. The lowest BCUT2D eigenvalue weighted by molar-refractivity contribution is 0.825. The Bertz CT molecular complexity index is 1290. The number of hydrogen-bond donors (Lipinski definition) is 1. The number of benzene rings is 2. The zero-order valence-electron chi connectivity index (χ0n) is 13.5. The van der Waals surface area contributed by atoms with Gasteiger partial charge < -0.3 is 4.98 Å². The van der Waals surface area contributed by atoms with E-state index < -0.39 is 0 Å². The number of hydrogen-bond acceptors (Lipinski definition) is 5. The van der Waals surface area contributed by atoms with Gasteiger partial charge in [-0.15, -0.1) is 0 Å². The van der Waals surface area contributed by atoms with Crippen LogP contribution in [0.3, 0.4) is 0 Å². The van der Waals surface area contributed by atoms with Crippen LogP contribution in [0.5, 0.6) is 0 Å². The lowest BCUT2D eigenvalue weighted by Crippen LogP contribution is -2.03. The highest BCUT2D eigenvalue weighted by Gasteiger charge is 2.21. The smallest absolute Gasteiger partial charge is 0.274 e. The second-order valence-electron chi connectivity index (χ2n) is 5.80. The molecule has 2 aromatic carbocycles. The monoisotopic (exact) mass is 337 g/mol. The van der Waals surface area contributed by atoms with Crippen LogP contribution in [0, 0.1) is 11.3 Å². The molecular weight excluding hydrogens is 326 g/mol. The van der Waals surface area contributed by atoms with Gasteiger partial charge in [0.2, 0.25) is 0 Å². The summed E-state index contributed by atoms with van der Waals surface area (Å²) in [5, 5.41) is 22.7. The zero-order chi connectivity index (χ0) is 17.5. The number of aromatic amines is 1. The van der Waals surface area contributed by atoms with Gasteiger partial charge in [0.1, 0.15) is 11.6 Å². The summed E-state index contributed by atoms with van der Waals surface area (Å²) < 4.78 is 1.51. The van der Waals surface area contributed by atoms with E-state index in [0.717, 1.165) is 22.0 Å². The van der Waals surface area contributed by atoms with Crippen LogP contribution in [-0.2, 0) is 0 Å². The Morgan fingerprint density at radius 1 is 1.00 bits per heavy atom. The predicted octanol–water partition coefficient (Wildman–Crippen LogP) is 3.21. The molecule has 0 bridgehead atoms. The quantitative estimate of drug-likeness (QED) is 0.533. The first-order chi connectivity index (χ1) is 12.9. The van der Waals surface area contributed by atoms with E-state index in [1.807, 2.05) is 60.8 Å². The van der Waals surface area contributed by atoms with Crippen molar-refractivity contribution in [2.75, 3.05) is 0 Å². The highest BCUT2D eigenvalue weighted by molar-refractivity contribution is 5.97. The van der Waals surface area contributed by atoms with Gasteiger partial charge in [-0.05, 0) is 16.5 Å². The minimum atomic E-state index is 0.350. The molecule has 122 valence electrons. The van der Waals surface area contributed by atoms with Gasteiger partial charge in [-0.1, -0.05) is 53.6 Å². The number of nitrogens with zero attached hydrogens (tertiary/aromatic N) is 6. The van der Waals surface area contributed by atoms with Crippen LogP contribution in [0.25, 0.3) is 39.2 Å². The summed E-state index contributed by atoms with van der Waals surface area (Å²) in [6.07, 6.45) is 1.86. The van der Waals surface area contributed by atoms with E-state index >= 15 is 0 Å². The topological polar surface area (TPSA) is 95.5 Å². The number of nitrogens with one attached hydrogen (secondary N) is 1. The molecule has 1 N–H and O–H groups in total. The Morgan fingerprint density at radius 3 is 2.65 bits per heavy atom. The van der Waals surface area contributed by atoms with E-state index in [0.29, 0.717) is 22.7 Å². The highest BCUT2D eigenvalue weighted by Crippen LogP contribution is 2.34. The summed E-state index contributed by atoms with van der Waals surface area (Å²) >= 11 is 0. The Balaban J connectivity index is 1.92. The molecule has 0 amide bonds. The van der Waals surface area contributed by atoms with Crippen LogP contribution < -0.4 is 0 Å². The van der Waals surface area contributed by atoms with Gasteiger partial charge >= 0.3 is 0 Å². The van der Waals surface area contributed by atoms with Crippen LogP contribution in [0.15, 0.2) is 60.8 Å². The Hall–Kier alpha value is -4.05. The van der Waals surface area contributed by atoms with Gasteiger partial charge in [0.15, 0.2) is 0 Å². The third-order valence-electron chi connectivity index (χ3n) is 4.35. The normalized spacial score (nSPS) is 11.0. The molecule has 3 heterocycles. The second kappa shape index (κ2) is 5.50. The molecule has 0 saturated carbocycles. The summed E-state index contributed by atoms with van der Waals surface area (Å²) in [5.41, 5.74) is 4.30. The van der Waals surface area contributed by atoms with Crippen molar-refractivity contribution in [2.24, 2.45) is 0 Å². The van der Waals surface area contributed by atoms with Crippen molar-refractivity contribution in [2.45, 2.75) is 0 Å². The maximum atomic E-state index is 9.95. The zero-order valence-corrected chi connectivity index (χ0v) is 13.5. The summed E-state index contributed by atoms with van der Waals surface area (Å²) in [6.45, 7) is 0. The lowest BCUT2D eigenvalue weighted by Gasteiger charge is -2.10. The molecule has 0 fully saturated rings. The van der Waals surface area contributed by atoms with Gasteiger partial charge in [0.05, 0.1) is 11.4 Å². The van der Waals surface area contributed by atoms with E-state index in [1.165, 1.54) is 4.52 Å². The number of tetrazole rings is 1. The van der Waals surface area contributed by atoms with E-state index in [9.17, 15) is 5.26 Å². The molecule has 0 atom stereocenters. The van der Waals surface area contributed by atoms with Crippen LogP contribution in [0.4, 0.5) is 0 Å². The number of rotatable bonds is 2. The Kier molecular flexibility index (Phi) is 3.02. The summed E-state index contributed by atoms with van der Waals surface area (Å²) in [6, 6.07) is 19.8. The van der Waals surface area contributed by atoms with E-state index in [4.69, 9.17) is 0 Å². The van der Waals surface area contributed by atoms with Crippen molar-refractivity contribution in [3.05, 3.63) is 66.4 Å². The average Bonchev–Trinajstić information content (AvgIpc) is 3.33. The Labute approximate surface area is 147 Å². The number of para-hydroxylation sites is 1. The SMILES string of the molecule is N#Cc1c(-c2c[nH]c3ccccc23)nc2nnnn2c1-c1ccccc1. The molecule has 0 radical (unpaired) electrons. The van der Waals surface area contributed by atoms with Gasteiger partial charge in [0.25, 0.3) is 5.78 Å². The van der Waals surface area contributed by atoms with E-state index in [1.54, 1.807) is 0 Å². The van der Waals surface area contributed by atoms with Crippen LogP contribution in [-0.4, -0.2) is 30.0 Å². The molecule has 26 heavy (non-hydrogen) atoms. The van der Waals surface area contributed by atoms with Crippen LogP contribution >= 0.6 is 0 Å². The number of nitriles is 1. The van der Waals surface area contributed by atoms with Gasteiger partial charge in [-0.3, -0.25) is 0 Å². The molecular formula is C19H11N7. The molecule has 0 spiro atoms. The van der Waals surface area contributed by atoms with E-state index in [-0.39, 0.29) is 0 Å². The fourth-order valence-corrected chi connectivity index (χ4v) is 3.20. The van der Waals surface area contributed by atoms with Crippen LogP contribution in [0.2, 0.25) is 0 Å². The van der Waals surface area contributed by atoms with E-state index in [2.05, 4.69) is 31.6 Å². The minimum absolute atomic E-state index is 0.350. The summed E-state index contributed by atoms with van der Waals surface area (Å²) in [4.78, 5) is 7.80. The first-order valence-corrected chi connectivity index (χ1v) is 8.01. The average molecular weight is 337 g/mol. The third-order valence-corrected chi connectivity index (χ3v) is 4.35. The minimum Gasteiger partial charge on any atom is -0.360 e. The van der Waals surface area contributed by atoms with Crippen molar-refractivity contribution >= 4 is 16.7 Å². The maximum Gasteiger partial charge on any atom is 0.274 e. The molecule has 7 nitrogen and oxygen atoms in total. The van der Waals surface area contributed by atoms with Crippen molar-refractivity contribution < 1.29 is 0 Å². The lowest BCUT2D eigenvalue weighted by atomic mass is 10.0. The highest BCUT2D eigenvalue weighted by atomic mass is 15.5. The molecule has 0 aliphatic carbocycles. The molecule has 0 aliphatic heterocycles. The summed E-state index contributed by atoms with van der Waals surface area (Å²) in [7, 11) is 0. The van der Waals surface area contributed by atoms with Gasteiger partial charge in [-0.25, -0.2) is 4.98 Å². The number of H-pyrrole nitrogens is 1. The fourth-order valence-electron chi connectivity index (χ4n) is 3.20. The first kappa shape index (κ1) is 14.3. The predicted molar refractivity (Wildman–Crippen MR) is 96.0 cm³/mol. The third kappa shape index (κ3) is 1.99. The summed E-state index contributed by atoms with van der Waals surface area (Å²) in [5.74, 6) is 0.350. The maximum absolute atomic E-state index is 9.95. The molecule has 5 aromatic rings. The van der Waals surface area contributed by atoms with Crippen molar-refractivity contribution in [3.63, 3.8) is 0 Å². The fraction of sp³-hybridized carbons (Fsp3) is 0. The second-order valence-corrected chi connectivity index (χ2v) is 5.80. The molecule has 0 unspecified atom stereocenters. The van der Waals surface area contributed by atoms with Crippen molar-refractivity contribution in [1.82, 2.24) is 30.0 Å². The molecule has 5 rings (SSSR count). The van der Waals surface area contributed by atoms with Crippen molar-refractivity contribution in [3.8, 4) is 28.6 Å². The van der Waals surface area contributed by atoms with Crippen LogP contribution in [0.1, 0.15) is 5.56 Å². The number of fused-ring (bicyclic) bond motifs is 2. The molecule has 0 saturated heterocycles. The number of aromatic nitrogens is 6. The molecule has 0 aliphatic rings. The van der Waals surface area contributed by atoms with Gasteiger partial charge in [-0.2, -0.15) is 9.78 Å².